The molecular formula is C20H15F6N7OS2. The van der Waals surface area contributed by atoms with Crippen molar-refractivity contribution in [1.82, 2.24) is 29.9 Å². The van der Waals surface area contributed by atoms with Gasteiger partial charge in [-0.2, -0.15) is 44.9 Å². The normalized spacial score (nSPS) is 12.6. The quantitative estimate of drug-likeness (QED) is 0.345. The van der Waals surface area contributed by atoms with Crippen molar-refractivity contribution in [2.45, 2.75) is 25.3 Å². The van der Waals surface area contributed by atoms with Gasteiger partial charge in [0.2, 0.25) is 5.01 Å². The number of nitrogens with one attached hydrogen (secondary N) is 1. The average molecular weight is 548 g/mol. The molecule has 4 rings (SSSR count). The number of benzene rings is 1. The number of carbonyl (C=O) groups is 1. The van der Waals surface area contributed by atoms with Gasteiger partial charge in [-0.15, -0.1) is 10.2 Å². The first-order chi connectivity index (χ1) is 16.4. The smallest absolute Gasteiger partial charge is 0.317 e. The van der Waals surface area contributed by atoms with Crippen molar-refractivity contribution in [1.29, 1.82) is 0 Å². The average Bonchev–Trinajstić information content (AvgIpc) is 3.48. The molecule has 0 radical (unpaired) electrons. The van der Waals surface area contributed by atoms with Crippen molar-refractivity contribution < 1.29 is 31.1 Å². The van der Waals surface area contributed by atoms with Gasteiger partial charge in [0.05, 0.1) is 29.1 Å². The third-order valence-corrected chi connectivity index (χ3v) is 5.76. The summed E-state index contributed by atoms with van der Waals surface area (Å²) in [5.74, 6) is -0.638. The van der Waals surface area contributed by atoms with Crippen molar-refractivity contribution in [2.75, 3.05) is 5.32 Å². The number of hydrogen-bond acceptors (Lipinski definition) is 7. The lowest BCUT2D eigenvalue weighted by Gasteiger charge is -2.20. The van der Waals surface area contributed by atoms with Crippen LogP contribution in [0.1, 0.15) is 39.5 Å². The van der Waals surface area contributed by atoms with Gasteiger partial charge in [-0.05, 0) is 30.7 Å². The molecule has 4 aromatic rings. The predicted molar refractivity (Wildman–Crippen MR) is 122 cm³/mol. The number of aromatic nitrogens is 6. The molecule has 0 aliphatic carbocycles. The van der Waals surface area contributed by atoms with Gasteiger partial charge in [-0.3, -0.25) is 9.48 Å². The first-order valence-electron chi connectivity index (χ1n) is 9.67. The van der Waals surface area contributed by atoms with E-state index in [0.29, 0.717) is 16.8 Å². The largest absolute Gasteiger partial charge is 0.416 e. The van der Waals surface area contributed by atoms with Crippen LogP contribution in [0.15, 0.2) is 49.2 Å². The number of anilines is 1. The summed E-state index contributed by atoms with van der Waals surface area (Å²) < 4.78 is 80.4. The second-order valence-corrected chi connectivity index (χ2v) is 8.12. The summed E-state index contributed by atoms with van der Waals surface area (Å²) >= 11 is 0.963. The Morgan fingerprint density at radius 3 is 2.47 bits per heavy atom. The van der Waals surface area contributed by atoms with E-state index in [0.717, 1.165) is 22.1 Å². The number of hydrogen-bond donors (Lipinski definition) is 1. The molecule has 8 nitrogen and oxygen atoms in total. The topological polar surface area (TPSA) is 98.5 Å². The molecule has 0 bridgehead atoms. The summed E-state index contributed by atoms with van der Waals surface area (Å²) in [6.07, 6.45) is -4.69. The third kappa shape index (κ3) is 5.81. The number of carbonyl (C=O) groups excluding carboxylic acids is 1. The Balaban J connectivity index is 0.00000361. The highest BCUT2D eigenvalue weighted by atomic mass is 32.1. The molecule has 0 unspecified atom stereocenters. The third-order valence-electron chi connectivity index (χ3n) is 4.81. The minimum absolute atomic E-state index is 0. The lowest BCUT2D eigenvalue weighted by molar-refractivity contribution is -0.143. The Bertz CT molecular complexity index is 1350. The van der Waals surface area contributed by atoms with Gasteiger partial charge in [0.15, 0.2) is 5.01 Å². The monoisotopic (exact) mass is 547 g/mol. The molecule has 0 aliphatic rings. The van der Waals surface area contributed by atoms with E-state index in [1.807, 2.05) is 0 Å². The van der Waals surface area contributed by atoms with E-state index in [9.17, 15) is 31.1 Å². The number of nitrogens with zero attached hydrogens (tertiary/aromatic N) is 6. The van der Waals surface area contributed by atoms with E-state index in [-0.39, 0.29) is 30.3 Å². The highest BCUT2D eigenvalue weighted by molar-refractivity contribution is 7.59. The van der Waals surface area contributed by atoms with Crippen molar-refractivity contribution in [3.05, 3.63) is 70.9 Å². The Labute approximate surface area is 209 Å². The first kappa shape index (κ1) is 27.1. The van der Waals surface area contributed by atoms with Gasteiger partial charge in [-0.25, -0.2) is 9.97 Å². The molecule has 1 N–H and O–H groups in total. The van der Waals surface area contributed by atoms with Crippen LogP contribution in [-0.4, -0.2) is 35.9 Å². The summed E-state index contributed by atoms with van der Waals surface area (Å²) in [5.41, 5.74) is -2.64. The molecule has 1 atom stereocenters. The van der Waals surface area contributed by atoms with Crippen molar-refractivity contribution >= 4 is 36.4 Å². The van der Waals surface area contributed by atoms with Crippen LogP contribution in [0, 0.1) is 0 Å². The minimum atomic E-state index is -5.02. The van der Waals surface area contributed by atoms with Gasteiger partial charge in [0.25, 0.3) is 5.91 Å². The van der Waals surface area contributed by atoms with Crippen LogP contribution in [0.3, 0.4) is 0 Å². The maximum absolute atomic E-state index is 13.5. The number of alkyl halides is 6. The lowest BCUT2D eigenvalue weighted by Crippen LogP contribution is -2.17. The maximum Gasteiger partial charge on any atom is 0.416 e. The maximum atomic E-state index is 13.5. The standard InChI is InChI=1S/C20H13F6N7OS.H2S/c1-10(13-3-2-11(19(21,22)23)6-14(13)20(24,25)26)33-8-12(7-29-33)30-16(34)18-32-31-17(35-18)15-4-5-27-9-28-15;/h2-10H,1H3,(H,30,34);1H2/t10-;/m0./s1. The van der Waals surface area contributed by atoms with E-state index in [2.05, 4.69) is 30.6 Å². The fourth-order valence-corrected chi connectivity index (χ4v) is 3.84. The molecule has 0 saturated carbocycles. The zero-order valence-corrected chi connectivity index (χ0v) is 19.8. The van der Waals surface area contributed by atoms with Crippen molar-refractivity contribution in [2.24, 2.45) is 0 Å². The van der Waals surface area contributed by atoms with Gasteiger partial charge in [0.1, 0.15) is 12.0 Å². The van der Waals surface area contributed by atoms with Crippen LogP contribution in [0.5, 0.6) is 0 Å². The Hall–Kier alpha value is -3.53. The lowest BCUT2D eigenvalue weighted by atomic mass is 9.98. The molecule has 0 saturated heterocycles. The molecule has 0 spiro atoms. The number of halogens is 6. The number of amides is 1. The molecule has 1 amide bonds. The van der Waals surface area contributed by atoms with E-state index in [1.165, 1.54) is 31.8 Å². The van der Waals surface area contributed by atoms with Gasteiger partial charge >= 0.3 is 12.4 Å². The molecule has 1 aromatic carbocycles. The van der Waals surface area contributed by atoms with E-state index >= 15 is 0 Å². The molecule has 3 aromatic heterocycles. The molecule has 3 heterocycles. The van der Waals surface area contributed by atoms with Crippen LogP contribution in [0.4, 0.5) is 32.0 Å². The van der Waals surface area contributed by atoms with E-state index in [1.54, 1.807) is 6.07 Å². The summed E-state index contributed by atoms with van der Waals surface area (Å²) in [4.78, 5) is 20.3. The Morgan fingerprint density at radius 2 is 1.83 bits per heavy atom. The molecular weight excluding hydrogens is 532 g/mol. The van der Waals surface area contributed by atoms with Crippen LogP contribution in [-0.2, 0) is 12.4 Å². The van der Waals surface area contributed by atoms with Crippen molar-refractivity contribution in [3.8, 4) is 10.7 Å². The van der Waals surface area contributed by atoms with E-state index < -0.39 is 41.0 Å². The predicted octanol–water partition coefficient (Wildman–Crippen LogP) is 5.20. The fourth-order valence-electron chi connectivity index (χ4n) is 3.12. The highest BCUT2D eigenvalue weighted by Crippen LogP contribution is 2.39. The molecule has 36 heavy (non-hydrogen) atoms. The van der Waals surface area contributed by atoms with Gasteiger partial charge < -0.3 is 5.32 Å². The molecule has 16 heteroatoms. The highest BCUT2D eigenvalue weighted by Gasteiger charge is 2.39. The van der Waals surface area contributed by atoms with E-state index in [4.69, 9.17) is 0 Å². The minimum Gasteiger partial charge on any atom is -0.317 e. The summed E-state index contributed by atoms with van der Waals surface area (Å²) in [5, 5.41) is 14.5. The fraction of sp³-hybridized carbons (Fsp3) is 0.200. The number of rotatable bonds is 5. The van der Waals surface area contributed by atoms with Crippen LogP contribution in [0.25, 0.3) is 10.7 Å². The zero-order chi connectivity index (χ0) is 25.4. The van der Waals surface area contributed by atoms with Crippen LogP contribution in [0.2, 0.25) is 0 Å². The Kier molecular flexibility index (Phi) is 7.68. The van der Waals surface area contributed by atoms with Gasteiger partial charge in [-0.1, -0.05) is 17.4 Å². The summed E-state index contributed by atoms with van der Waals surface area (Å²) in [6, 6.07) is 1.92. The van der Waals surface area contributed by atoms with Crippen molar-refractivity contribution in [3.63, 3.8) is 0 Å². The molecule has 0 aliphatic heterocycles. The second kappa shape index (κ2) is 10.2. The molecule has 190 valence electrons. The second-order valence-electron chi connectivity index (χ2n) is 7.14. The van der Waals surface area contributed by atoms with Crippen LogP contribution >= 0.6 is 24.8 Å². The summed E-state index contributed by atoms with van der Waals surface area (Å²) in [6.45, 7) is 1.34. The molecule has 0 fully saturated rings. The van der Waals surface area contributed by atoms with Gasteiger partial charge in [0, 0.05) is 12.4 Å². The Morgan fingerprint density at radius 1 is 1.08 bits per heavy atom. The first-order valence-corrected chi connectivity index (χ1v) is 10.5. The summed E-state index contributed by atoms with van der Waals surface area (Å²) in [7, 11) is 0. The zero-order valence-electron chi connectivity index (χ0n) is 18.0. The SMILES string of the molecule is C[C@@H](c1ccc(C(F)(F)F)cc1C(F)(F)F)n1cc(NC(=O)c2nnc(-c3ccncn3)s2)cn1.S. The van der Waals surface area contributed by atoms with Crippen LogP contribution < -0.4 is 5.32 Å².